The third kappa shape index (κ3) is 5.03. The molecule has 0 heterocycles. The Morgan fingerprint density at radius 3 is 2.53 bits per heavy atom. The molecule has 0 atom stereocenters. The number of rotatable bonds is 6. The lowest BCUT2D eigenvalue weighted by Gasteiger charge is -2.06. The van der Waals surface area contributed by atoms with Crippen LogP contribution in [0.4, 0.5) is 5.69 Å². The second-order valence-corrected chi connectivity index (χ2v) is 4.79. The average molecular weight is 268 g/mol. The van der Waals surface area contributed by atoms with E-state index in [9.17, 15) is 0 Å². The maximum absolute atomic E-state index is 3.78. The summed E-state index contributed by atoms with van der Waals surface area (Å²) >= 11 is 3.32. The minimum absolute atomic E-state index is 0.772. The number of hydrogen-bond acceptors (Lipinski definition) is 1. The van der Waals surface area contributed by atoms with Crippen LogP contribution < -0.4 is 5.32 Å². The standard InChI is InChI=1S/C13H18BrN/c1-3-4-5-12-6-8-13(9-7-12)15-10-11(2)14/h6-9,15H,2-5,10H2,1H3. The van der Waals surface area contributed by atoms with Gasteiger partial charge >= 0.3 is 0 Å². The highest BCUT2D eigenvalue weighted by Crippen LogP contribution is 2.12. The van der Waals surface area contributed by atoms with E-state index in [2.05, 4.69) is 59.0 Å². The molecule has 0 unspecified atom stereocenters. The molecule has 0 bridgehead atoms. The van der Waals surface area contributed by atoms with E-state index in [-0.39, 0.29) is 0 Å². The van der Waals surface area contributed by atoms with Crippen LogP contribution in [0.5, 0.6) is 0 Å². The fourth-order valence-corrected chi connectivity index (χ4v) is 1.51. The van der Waals surface area contributed by atoms with Gasteiger partial charge in [0.25, 0.3) is 0 Å². The largest absolute Gasteiger partial charge is 0.380 e. The van der Waals surface area contributed by atoms with Gasteiger partial charge in [-0.3, -0.25) is 0 Å². The molecule has 0 aliphatic rings. The SMILES string of the molecule is C=C(Br)CNc1ccc(CCCC)cc1. The summed E-state index contributed by atoms with van der Waals surface area (Å²) in [6, 6.07) is 8.63. The van der Waals surface area contributed by atoms with E-state index in [4.69, 9.17) is 0 Å². The van der Waals surface area contributed by atoms with Crippen molar-refractivity contribution < 1.29 is 0 Å². The quantitative estimate of drug-likeness (QED) is 0.808. The van der Waals surface area contributed by atoms with Crippen molar-refractivity contribution >= 4 is 21.6 Å². The van der Waals surface area contributed by atoms with Crippen LogP contribution in [0.3, 0.4) is 0 Å². The van der Waals surface area contributed by atoms with E-state index in [1.807, 2.05) is 0 Å². The Labute approximate surface area is 101 Å². The normalized spacial score (nSPS) is 10.0. The van der Waals surface area contributed by atoms with E-state index in [0.717, 1.165) is 16.7 Å². The fraction of sp³-hybridized carbons (Fsp3) is 0.385. The summed E-state index contributed by atoms with van der Waals surface area (Å²) in [5.41, 5.74) is 2.57. The number of hydrogen-bond donors (Lipinski definition) is 1. The molecule has 0 radical (unpaired) electrons. The van der Waals surface area contributed by atoms with Crippen LogP contribution in [0.25, 0.3) is 0 Å². The first-order valence-corrected chi connectivity index (χ1v) is 6.17. The van der Waals surface area contributed by atoms with Crippen molar-refractivity contribution in [2.45, 2.75) is 26.2 Å². The van der Waals surface area contributed by atoms with E-state index in [1.54, 1.807) is 0 Å². The molecule has 1 nitrogen and oxygen atoms in total. The van der Waals surface area contributed by atoms with Gasteiger partial charge in [-0.25, -0.2) is 0 Å². The molecule has 0 aliphatic heterocycles. The molecule has 82 valence electrons. The molecule has 0 saturated carbocycles. The van der Waals surface area contributed by atoms with E-state index in [1.165, 1.54) is 24.8 Å². The summed E-state index contributed by atoms with van der Waals surface area (Å²) < 4.78 is 0.970. The number of unbranched alkanes of at least 4 members (excludes halogenated alkanes) is 1. The maximum atomic E-state index is 3.78. The fourth-order valence-electron chi connectivity index (χ4n) is 1.37. The molecule has 0 aromatic heterocycles. The van der Waals surface area contributed by atoms with Crippen LogP contribution in [0, 0.1) is 0 Å². The van der Waals surface area contributed by atoms with Gasteiger partial charge in [0.1, 0.15) is 0 Å². The van der Waals surface area contributed by atoms with Crippen LogP contribution in [0.15, 0.2) is 35.3 Å². The average Bonchev–Trinajstić information content (AvgIpc) is 2.25. The highest BCUT2D eigenvalue weighted by atomic mass is 79.9. The third-order valence-corrected chi connectivity index (χ3v) is 2.54. The van der Waals surface area contributed by atoms with Crippen molar-refractivity contribution in [3.8, 4) is 0 Å². The third-order valence-electron chi connectivity index (χ3n) is 2.26. The highest BCUT2D eigenvalue weighted by molar-refractivity contribution is 9.11. The Hall–Kier alpha value is -0.760. The minimum Gasteiger partial charge on any atom is -0.380 e. The first-order chi connectivity index (χ1) is 7.22. The molecule has 0 aliphatic carbocycles. The van der Waals surface area contributed by atoms with Crippen molar-refractivity contribution in [2.75, 3.05) is 11.9 Å². The Morgan fingerprint density at radius 1 is 1.33 bits per heavy atom. The van der Waals surface area contributed by atoms with Crippen LogP contribution in [-0.4, -0.2) is 6.54 Å². The van der Waals surface area contributed by atoms with Crippen molar-refractivity contribution in [2.24, 2.45) is 0 Å². The Morgan fingerprint density at radius 2 is 2.00 bits per heavy atom. The van der Waals surface area contributed by atoms with Crippen molar-refractivity contribution in [3.05, 3.63) is 40.9 Å². The molecule has 1 aromatic rings. The lowest BCUT2D eigenvalue weighted by Crippen LogP contribution is -2.00. The summed E-state index contributed by atoms with van der Waals surface area (Å²) in [5.74, 6) is 0. The van der Waals surface area contributed by atoms with Crippen LogP contribution in [0.1, 0.15) is 25.3 Å². The number of nitrogens with one attached hydrogen (secondary N) is 1. The van der Waals surface area contributed by atoms with Gasteiger partial charge in [0.05, 0.1) is 0 Å². The predicted molar refractivity (Wildman–Crippen MR) is 71.6 cm³/mol. The molecule has 0 saturated heterocycles. The lowest BCUT2D eigenvalue weighted by atomic mass is 10.1. The maximum Gasteiger partial charge on any atom is 0.0460 e. The van der Waals surface area contributed by atoms with Crippen LogP contribution in [-0.2, 0) is 6.42 Å². The zero-order valence-corrected chi connectivity index (χ0v) is 10.8. The molecular weight excluding hydrogens is 250 g/mol. The highest BCUT2D eigenvalue weighted by Gasteiger charge is 1.94. The summed E-state index contributed by atoms with van der Waals surface area (Å²) in [7, 11) is 0. The summed E-state index contributed by atoms with van der Waals surface area (Å²) in [6.45, 7) is 6.77. The van der Waals surface area contributed by atoms with E-state index >= 15 is 0 Å². The first kappa shape index (κ1) is 12.3. The zero-order valence-electron chi connectivity index (χ0n) is 9.22. The van der Waals surface area contributed by atoms with Gasteiger partial charge in [0.15, 0.2) is 0 Å². The van der Waals surface area contributed by atoms with Gasteiger partial charge < -0.3 is 5.32 Å². The Kier molecular flexibility index (Phi) is 5.48. The summed E-state index contributed by atoms with van der Waals surface area (Å²) in [4.78, 5) is 0. The first-order valence-electron chi connectivity index (χ1n) is 5.38. The van der Waals surface area contributed by atoms with E-state index in [0.29, 0.717) is 0 Å². The van der Waals surface area contributed by atoms with Gasteiger partial charge in [0.2, 0.25) is 0 Å². The van der Waals surface area contributed by atoms with Gasteiger partial charge in [-0.2, -0.15) is 0 Å². The topological polar surface area (TPSA) is 12.0 Å². The van der Waals surface area contributed by atoms with Gasteiger partial charge in [0, 0.05) is 16.7 Å². The van der Waals surface area contributed by atoms with Crippen molar-refractivity contribution in [1.29, 1.82) is 0 Å². The molecule has 15 heavy (non-hydrogen) atoms. The monoisotopic (exact) mass is 267 g/mol. The number of halogens is 1. The number of benzene rings is 1. The molecule has 1 rings (SSSR count). The predicted octanol–water partition coefficient (Wildman–Crippen LogP) is 4.35. The van der Waals surface area contributed by atoms with Gasteiger partial charge in [-0.1, -0.05) is 48.0 Å². The Balaban J connectivity index is 2.45. The second kappa shape index (κ2) is 6.67. The Bertz CT molecular complexity index is 303. The zero-order chi connectivity index (χ0) is 11.1. The number of aryl methyl sites for hydroxylation is 1. The van der Waals surface area contributed by atoms with Gasteiger partial charge in [-0.15, -0.1) is 0 Å². The molecule has 0 spiro atoms. The van der Waals surface area contributed by atoms with Gasteiger partial charge in [-0.05, 0) is 30.5 Å². The minimum atomic E-state index is 0.772. The summed E-state index contributed by atoms with van der Waals surface area (Å²) in [5, 5.41) is 3.28. The van der Waals surface area contributed by atoms with Crippen molar-refractivity contribution in [1.82, 2.24) is 0 Å². The lowest BCUT2D eigenvalue weighted by molar-refractivity contribution is 0.795. The molecule has 2 heteroatoms. The molecule has 1 N–H and O–H groups in total. The smallest absolute Gasteiger partial charge is 0.0460 e. The second-order valence-electron chi connectivity index (χ2n) is 3.67. The van der Waals surface area contributed by atoms with Crippen LogP contribution in [0.2, 0.25) is 0 Å². The van der Waals surface area contributed by atoms with Crippen LogP contribution >= 0.6 is 15.9 Å². The molecule has 1 aromatic carbocycles. The molecule has 0 fully saturated rings. The molecular formula is C13H18BrN. The van der Waals surface area contributed by atoms with Crippen molar-refractivity contribution in [3.63, 3.8) is 0 Å². The summed E-state index contributed by atoms with van der Waals surface area (Å²) in [6.07, 6.45) is 3.70. The van der Waals surface area contributed by atoms with E-state index < -0.39 is 0 Å². The molecule has 0 amide bonds. The number of anilines is 1.